The molecule has 0 bridgehead atoms. The number of sulfone groups is 1. The van der Waals surface area contributed by atoms with Crippen LogP contribution in [0.25, 0.3) is 22.2 Å². The number of nitrogens with one attached hydrogen (secondary N) is 2. The molecule has 1 fully saturated rings. The van der Waals surface area contributed by atoms with E-state index in [0.717, 1.165) is 5.56 Å². The largest absolute Gasteiger partial charge is 0.355 e. The number of fused-ring (bicyclic) bond motifs is 1. The molecule has 1 saturated heterocycles. The van der Waals surface area contributed by atoms with Gasteiger partial charge in [0.15, 0.2) is 15.6 Å². The van der Waals surface area contributed by atoms with Crippen molar-refractivity contribution in [3.63, 3.8) is 0 Å². The van der Waals surface area contributed by atoms with Crippen LogP contribution in [0.2, 0.25) is 0 Å². The standard InChI is InChI=1S/C19H17N3O5S/c23-18(20-21-19(24)14-8-9-28(25,26)11-14)13-6-7-16-15(10-13)17(27-22-16)12-4-2-1-3-5-12/h1-7,10,14H,8-9,11H2,(H,20,23)(H,21,24)/t14-/m0/s1. The summed E-state index contributed by atoms with van der Waals surface area (Å²) in [7, 11) is -3.17. The molecule has 0 unspecified atom stereocenters. The second-order valence-corrected chi connectivity index (χ2v) is 8.88. The highest BCUT2D eigenvalue weighted by Crippen LogP contribution is 2.29. The third-order valence-electron chi connectivity index (χ3n) is 4.68. The number of carbonyl (C=O) groups is 2. The van der Waals surface area contributed by atoms with Crippen molar-refractivity contribution in [3.8, 4) is 11.3 Å². The summed E-state index contributed by atoms with van der Waals surface area (Å²) in [4.78, 5) is 24.5. The van der Waals surface area contributed by atoms with Crippen LogP contribution in [0.15, 0.2) is 53.1 Å². The van der Waals surface area contributed by atoms with Gasteiger partial charge in [0.25, 0.3) is 5.91 Å². The van der Waals surface area contributed by atoms with Gasteiger partial charge in [-0.2, -0.15) is 0 Å². The summed E-state index contributed by atoms with van der Waals surface area (Å²) in [5, 5.41) is 4.68. The van der Waals surface area contributed by atoms with Gasteiger partial charge in [-0.15, -0.1) is 0 Å². The summed E-state index contributed by atoms with van der Waals surface area (Å²) in [5.74, 6) is -1.32. The third kappa shape index (κ3) is 3.61. The summed E-state index contributed by atoms with van der Waals surface area (Å²) in [5.41, 5.74) is 6.39. The molecule has 28 heavy (non-hydrogen) atoms. The van der Waals surface area contributed by atoms with E-state index in [2.05, 4.69) is 16.0 Å². The fourth-order valence-electron chi connectivity index (χ4n) is 3.17. The fourth-order valence-corrected chi connectivity index (χ4v) is 4.92. The Bertz CT molecular complexity index is 1150. The second-order valence-electron chi connectivity index (χ2n) is 6.65. The lowest BCUT2D eigenvalue weighted by Crippen LogP contribution is -2.44. The first-order valence-electron chi connectivity index (χ1n) is 8.68. The lowest BCUT2D eigenvalue weighted by Gasteiger charge is -2.10. The maximum atomic E-state index is 12.4. The molecular weight excluding hydrogens is 382 g/mol. The number of hydrogen-bond donors (Lipinski definition) is 2. The molecule has 3 aromatic rings. The van der Waals surface area contributed by atoms with Crippen molar-refractivity contribution in [3.05, 3.63) is 54.1 Å². The molecule has 1 atom stereocenters. The van der Waals surface area contributed by atoms with Crippen molar-refractivity contribution in [2.45, 2.75) is 6.42 Å². The van der Waals surface area contributed by atoms with Crippen LogP contribution in [0.1, 0.15) is 16.8 Å². The lowest BCUT2D eigenvalue weighted by molar-refractivity contribution is -0.125. The van der Waals surface area contributed by atoms with Crippen LogP contribution in [0.3, 0.4) is 0 Å². The first-order valence-corrected chi connectivity index (χ1v) is 10.5. The molecule has 9 heteroatoms. The number of rotatable bonds is 3. The van der Waals surface area contributed by atoms with Gasteiger partial charge in [-0.05, 0) is 24.6 Å². The van der Waals surface area contributed by atoms with E-state index in [-0.39, 0.29) is 17.9 Å². The number of amides is 2. The number of aromatic nitrogens is 1. The summed E-state index contributed by atoms with van der Waals surface area (Å²) < 4.78 is 28.4. The smallest absolute Gasteiger partial charge is 0.269 e. The Balaban J connectivity index is 1.49. The van der Waals surface area contributed by atoms with Crippen molar-refractivity contribution >= 4 is 32.6 Å². The monoisotopic (exact) mass is 399 g/mol. The van der Waals surface area contributed by atoms with E-state index in [0.29, 0.717) is 22.2 Å². The minimum absolute atomic E-state index is 0.00848. The molecule has 0 saturated carbocycles. The average Bonchev–Trinajstić information content (AvgIpc) is 3.29. The summed E-state index contributed by atoms with van der Waals surface area (Å²) in [6.45, 7) is 0. The molecule has 1 aromatic heterocycles. The fraction of sp³-hybridized carbons (Fsp3) is 0.211. The van der Waals surface area contributed by atoms with Crippen molar-refractivity contribution in [1.29, 1.82) is 0 Å². The molecule has 144 valence electrons. The number of hydrazine groups is 1. The molecule has 2 aromatic carbocycles. The van der Waals surface area contributed by atoms with Crippen LogP contribution in [-0.2, 0) is 14.6 Å². The van der Waals surface area contributed by atoms with Gasteiger partial charge in [-0.1, -0.05) is 35.5 Å². The van der Waals surface area contributed by atoms with Crippen molar-refractivity contribution in [2.24, 2.45) is 5.92 Å². The van der Waals surface area contributed by atoms with Gasteiger partial charge in [0.1, 0.15) is 5.52 Å². The van der Waals surface area contributed by atoms with Crippen molar-refractivity contribution < 1.29 is 22.5 Å². The summed E-state index contributed by atoms with van der Waals surface area (Å²) >= 11 is 0. The number of benzene rings is 2. The molecule has 2 heterocycles. The van der Waals surface area contributed by atoms with Crippen LogP contribution >= 0.6 is 0 Å². The molecule has 0 radical (unpaired) electrons. The Hall–Kier alpha value is -3.20. The molecule has 4 rings (SSSR count). The SMILES string of the molecule is O=C(NNC(=O)[C@H]1CCS(=O)(=O)C1)c1ccc2noc(-c3ccccc3)c2c1. The van der Waals surface area contributed by atoms with Gasteiger partial charge in [-0.25, -0.2) is 8.42 Å². The van der Waals surface area contributed by atoms with E-state index < -0.39 is 27.6 Å². The molecule has 1 aliphatic heterocycles. The molecular formula is C19H17N3O5S. The first kappa shape index (κ1) is 18.2. The highest BCUT2D eigenvalue weighted by Gasteiger charge is 2.33. The zero-order valence-corrected chi connectivity index (χ0v) is 15.5. The van der Waals surface area contributed by atoms with E-state index in [1.165, 1.54) is 0 Å². The first-order chi connectivity index (χ1) is 13.4. The highest BCUT2D eigenvalue weighted by atomic mass is 32.2. The van der Waals surface area contributed by atoms with E-state index in [9.17, 15) is 18.0 Å². The Morgan fingerprint density at radius 1 is 1.07 bits per heavy atom. The quantitative estimate of drug-likeness (QED) is 0.647. The summed E-state index contributed by atoms with van der Waals surface area (Å²) in [6.07, 6.45) is 0.261. The van der Waals surface area contributed by atoms with Crippen LogP contribution in [0.5, 0.6) is 0 Å². The maximum absolute atomic E-state index is 12.4. The Morgan fingerprint density at radius 2 is 1.86 bits per heavy atom. The van der Waals surface area contributed by atoms with Gasteiger partial charge in [-0.3, -0.25) is 20.4 Å². The molecule has 8 nitrogen and oxygen atoms in total. The van der Waals surface area contributed by atoms with Crippen molar-refractivity contribution in [2.75, 3.05) is 11.5 Å². The predicted octanol–water partition coefficient (Wildman–Crippen LogP) is 1.69. The van der Waals surface area contributed by atoms with Gasteiger partial charge in [0.2, 0.25) is 5.91 Å². The molecule has 2 N–H and O–H groups in total. The predicted molar refractivity (Wildman–Crippen MR) is 102 cm³/mol. The normalized spacial score (nSPS) is 18.1. The highest BCUT2D eigenvalue weighted by molar-refractivity contribution is 7.91. The van der Waals surface area contributed by atoms with Gasteiger partial charge in [0, 0.05) is 11.1 Å². The Labute approximate surface area is 160 Å². The van der Waals surface area contributed by atoms with Crippen LogP contribution < -0.4 is 10.9 Å². The van der Waals surface area contributed by atoms with E-state index in [4.69, 9.17) is 4.52 Å². The minimum atomic E-state index is -3.17. The van der Waals surface area contributed by atoms with E-state index in [1.807, 2.05) is 30.3 Å². The Kier molecular flexibility index (Phi) is 4.60. The second kappa shape index (κ2) is 7.08. The minimum Gasteiger partial charge on any atom is -0.355 e. The van der Waals surface area contributed by atoms with Gasteiger partial charge in [0.05, 0.1) is 22.8 Å². The van der Waals surface area contributed by atoms with E-state index in [1.54, 1.807) is 18.2 Å². The van der Waals surface area contributed by atoms with Crippen LogP contribution in [0.4, 0.5) is 0 Å². The van der Waals surface area contributed by atoms with Gasteiger partial charge >= 0.3 is 0 Å². The Morgan fingerprint density at radius 3 is 2.57 bits per heavy atom. The van der Waals surface area contributed by atoms with Gasteiger partial charge < -0.3 is 4.52 Å². The zero-order valence-electron chi connectivity index (χ0n) is 14.7. The number of carbonyl (C=O) groups excluding carboxylic acids is 2. The maximum Gasteiger partial charge on any atom is 0.269 e. The molecule has 2 amide bonds. The topological polar surface area (TPSA) is 118 Å². The zero-order chi connectivity index (χ0) is 19.7. The summed E-state index contributed by atoms with van der Waals surface area (Å²) in [6, 6.07) is 14.3. The molecule has 0 aliphatic carbocycles. The average molecular weight is 399 g/mol. The number of hydrogen-bond acceptors (Lipinski definition) is 6. The van der Waals surface area contributed by atoms with Crippen LogP contribution in [0, 0.1) is 5.92 Å². The third-order valence-corrected chi connectivity index (χ3v) is 6.45. The van der Waals surface area contributed by atoms with Crippen molar-refractivity contribution in [1.82, 2.24) is 16.0 Å². The lowest BCUT2D eigenvalue weighted by atomic mass is 10.1. The number of nitrogens with zero attached hydrogens (tertiary/aromatic N) is 1. The molecule has 0 spiro atoms. The van der Waals surface area contributed by atoms with Crippen LogP contribution in [-0.4, -0.2) is 36.9 Å². The molecule has 1 aliphatic rings. The van der Waals surface area contributed by atoms with E-state index >= 15 is 0 Å².